The van der Waals surface area contributed by atoms with Gasteiger partial charge in [-0.25, -0.2) is 0 Å². The fourth-order valence-corrected chi connectivity index (χ4v) is 0.670. The highest BCUT2D eigenvalue weighted by atomic mass is 16.5. The lowest BCUT2D eigenvalue weighted by Gasteiger charge is -1.96. The first kappa shape index (κ1) is 19.2. The van der Waals surface area contributed by atoms with E-state index in [4.69, 9.17) is 0 Å². The van der Waals surface area contributed by atoms with Crippen LogP contribution in [0, 0.1) is 0 Å². The van der Waals surface area contributed by atoms with Crippen LogP contribution in [0.1, 0.15) is 19.3 Å². The van der Waals surface area contributed by atoms with Gasteiger partial charge >= 0.3 is 23.9 Å². The second-order valence-corrected chi connectivity index (χ2v) is 2.98. The predicted molar refractivity (Wildman–Crippen MR) is 61.9 cm³/mol. The van der Waals surface area contributed by atoms with Crippen molar-refractivity contribution in [2.75, 3.05) is 28.4 Å². The van der Waals surface area contributed by atoms with E-state index >= 15 is 0 Å². The molecule has 0 spiro atoms. The fourth-order valence-electron chi connectivity index (χ4n) is 0.670. The Bertz CT molecular complexity index is 280. The van der Waals surface area contributed by atoms with Crippen molar-refractivity contribution in [1.82, 2.24) is 0 Å². The van der Waals surface area contributed by atoms with E-state index in [1.807, 2.05) is 0 Å². The van der Waals surface area contributed by atoms with Crippen molar-refractivity contribution >= 4 is 23.9 Å². The Hall–Kier alpha value is -2.12. The van der Waals surface area contributed by atoms with Crippen LogP contribution in [0.2, 0.25) is 0 Å². The summed E-state index contributed by atoms with van der Waals surface area (Å²) in [7, 11) is 4.98. The number of rotatable bonds is 5. The van der Waals surface area contributed by atoms with E-state index in [2.05, 4.69) is 18.9 Å². The van der Waals surface area contributed by atoms with Crippen molar-refractivity contribution in [3.63, 3.8) is 0 Å². The molecule has 0 rings (SSSR count). The average Bonchev–Trinajstić information content (AvgIpc) is 2.44. The molecule has 8 nitrogen and oxygen atoms in total. The van der Waals surface area contributed by atoms with Crippen molar-refractivity contribution in [3.8, 4) is 0 Å². The standard InChI is InChI=1S/C6H10O4.C5H8O4/c1-9-5(7)3-4-6(8)10-2;1-8-4(6)3-5(7)9-2/h3-4H2,1-2H3;3H2,1-2H3. The van der Waals surface area contributed by atoms with E-state index < -0.39 is 23.9 Å². The SMILES string of the molecule is COC(=O)CC(=O)OC.COC(=O)CCC(=O)OC. The Labute approximate surface area is 110 Å². The minimum Gasteiger partial charge on any atom is -0.469 e. The van der Waals surface area contributed by atoms with Gasteiger partial charge in [0.15, 0.2) is 0 Å². The van der Waals surface area contributed by atoms with Crippen LogP contribution in [0.25, 0.3) is 0 Å². The first-order valence-electron chi connectivity index (χ1n) is 5.18. The zero-order chi connectivity index (χ0) is 15.3. The molecule has 110 valence electrons. The summed E-state index contributed by atoms with van der Waals surface area (Å²) in [4.78, 5) is 41.3. The third-order valence-electron chi connectivity index (χ3n) is 1.73. The van der Waals surface area contributed by atoms with Crippen LogP contribution in [0.4, 0.5) is 0 Å². The zero-order valence-corrected chi connectivity index (χ0v) is 11.4. The van der Waals surface area contributed by atoms with Crippen LogP contribution in [-0.4, -0.2) is 52.3 Å². The van der Waals surface area contributed by atoms with Crippen LogP contribution >= 0.6 is 0 Å². The van der Waals surface area contributed by atoms with E-state index in [-0.39, 0.29) is 19.3 Å². The zero-order valence-electron chi connectivity index (χ0n) is 11.4. The molecule has 19 heavy (non-hydrogen) atoms. The molecule has 0 atom stereocenters. The Balaban J connectivity index is 0. The molecule has 0 saturated carbocycles. The maximum atomic E-state index is 10.4. The number of methoxy groups -OCH3 is 4. The van der Waals surface area contributed by atoms with Gasteiger partial charge in [-0.1, -0.05) is 0 Å². The maximum Gasteiger partial charge on any atom is 0.316 e. The molecule has 0 amide bonds. The highest BCUT2D eigenvalue weighted by Crippen LogP contribution is 1.92. The molecule has 0 radical (unpaired) electrons. The van der Waals surface area contributed by atoms with E-state index in [1.165, 1.54) is 28.4 Å². The van der Waals surface area contributed by atoms with Crippen LogP contribution < -0.4 is 0 Å². The van der Waals surface area contributed by atoms with Gasteiger partial charge in [-0.15, -0.1) is 0 Å². The van der Waals surface area contributed by atoms with Gasteiger partial charge in [-0.2, -0.15) is 0 Å². The van der Waals surface area contributed by atoms with Gasteiger partial charge < -0.3 is 18.9 Å². The summed E-state index contributed by atoms with van der Waals surface area (Å²) >= 11 is 0. The Morgan fingerprint density at radius 1 is 0.579 bits per heavy atom. The van der Waals surface area contributed by atoms with Gasteiger partial charge in [0.2, 0.25) is 0 Å². The first-order chi connectivity index (χ1) is 8.90. The highest BCUT2D eigenvalue weighted by molar-refractivity contribution is 5.90. The number of carbonyl (C=O) groups is 4. The Morgan fingerprint density at radius 2 is 0.842 bits per heavy atom. The fraction of sp³-hybridized carbons (Fsp3) is 0.636. The highest BCUT2D eigenvalue weighted by Gasteiger charge is 2.07. The van der Waals surface area contributed by atoms with E-state index in [1.54, 1.807) is 0 Å². The minimum absolute atomic E-state index is 0.0865. The van der Waals surface area contributed by atoms with Crippen molar-refractivity contribution < 1.29 is 38.1 Å². The van der Waals surface area contributed by atoms with E-state index in [0.717, 1.165) is 0 Å². The van der Waals surface area contributed by atoms with Gasteiger partial charge in [0.05, 0.1) is 41.3 Å². The molecule has 8 heteroatoms. The lowest BCUT2D eigenvalue weighted by atomic mass is 10.3. The molecule has 0 aromatic carbocycles. The lowest BCUT2D eigenvalue weighted by Crippen LogP contribution is -2.09. The first-order valence-corrected chi connectivity index (χ1v) is 5.18. The maximum absolute atomic E-state index is 10.4. The van der Waals surface area contributed by atoms with Crippen LogP contribution in [0.3, 0.4) is 0 Å². The molecule has 0 aliphatic rings. The summed E-state index contributed by atoms with van der Waals surface area (Å²) in [5.41, 5.74) is 0. The third kappa shape index (κ3) is 13.8. The molecule has 0 aromatic heterocycles. The summed E-state index contributed by atoms with van der Waals surface area (Å²) in [5, 5.41) is 0. The van der Waals surface area contributed by atoms with E-state index in [9.17, 15) is 19.2 Å². The van der Waals surface area contributed by atoms with Crippen LogP contribution in [-0.2, 0) is 38.1 Å². The quantitative estimate of drug-likeness (QED) is 0.388. The number of hydrogen-bond acceptors (Lipinski definition) is 8. The number of hydrogen-bond donors (Lipinski definition) is 0. The lowest BCUT2D eigenvalue weighted by molar-refractivity contribution is -0.151. The molecular weight excluding hydrogens is 260 g/mol. The van der Waals surface area contributed by atoms with Gasteiger partial charge in [-0.3, -0.25) is 19.2 Å². The smallest absolute Gasteiger partial charge is 0.316 e. The van der Waals surface area contributed by atoms with Gasteiger partial charge in [-0.05, 0) is 0 Å². The molecule has 0 N–H and O–H groups in total. The molecule has 0 aliphatic heterocycles. The van der Waals surface area contributed by atoms with Gasteiger partial charge in [0.1, 0.15) is 6.42 Å². The van der Waals surface area contributed by atoms with Gasteiger partial charge in [0.25, 0.3) is 0 Å². The minimum atomic E-state index is -0.582. The molecule has 0 unspecified atom stereocenters. The van der Waals surface area contributed by atoms with E-state index in [0.29, 0.717) is 0 Å². The summed E-state index contributed by atoms with van der Waals surface area (Å²) in [6.45, 7) is 0. The van der Waals surface area contributed by atoms with Gasteiger partial charge in [0, 0.05) is 0 Å². The van der Waals surface area contributed by atoms with Crippen LogP contribution in [0.5, 0.6) is 0 Å². The number of esters is 4. The van der Waals surface area contributed by atoms with Crippen molar-refractivity contribution in [1.29, 1.82) is 0 Å². The summed E-state index contributed by atoms with van der Waals surface area (Å²) < 4.78 is 17.0. The molecular formula is C11H18O8. The summed E-state index contributed by atoms with van der Waals surface area (Å²) in [6.07, 6.45) is -0.140. The summed E-state index contributed by atoms with van der Waals surface area (Å²) in [5.74, 6) is -1.96. The molecule has 0 heterocycles. The Kier molecular flexibility index (Phi) is 12.5. The van der Waals surface area contributed by atoms with Crippen LogP contribution in [0.15, 0.2) is 0 Å². The van der Waals surface area contributed by atoms with Crippen molar-refractivity contribution in [2.45, 2.75) is 19.3 Å². The second-order valence-electron chi connectivity index (χ2n) is 2.98. The molecule has 0 fully saturated rings. The molecule has 0 aromatic rings. The molecule has 0 aliphatic carbocycles. The second kappa shape index (κ2) is 12.3. The summed E-state index contributed by atoms with van der Waals surface area (Å²) in [6, 6.07) is 0. The Morgan fingerprint density at radius 3 is 1.05 bits per heavy atom. The number of carbonyl (C=O) groups excluding carboxylic acids is 4. The normalized spacial score (nSPS) is 8.42. The third-order valence-corrected chi connectivity index (χ3v) is 1.73. The largest absolute Gasteiger partial charge is 0.469 e. The predicted octanol–water partition coefficient (Wildman–Crippen LogP) is -0.165. The van der Waals surface area contributed by atoms with Crippen molar-refractivity contribution in [2.24, 2.45) is 0 Å². The topological polar surface area (TPSA) is 105 Å². The molecule has 0 bridgehead atoms. The van der Waals surface area contributed by atoms with Crippen molar-refractivity contribution in [3.05, 3.63) is 0 Å². The molecule has 0 saturated heterocycles. The average molecular weight is 278 g/mol. The number of ether oxygens (including phenoxy) is 4. The monoisotopic (exact) mass is 278 g/mol.